The van der Waals surface area contributed by atoms with Gasteiger partial charge in [0.25, 0.3) is 5.91 Å². The van der Waals surface area contributed by atoms with Crippen LogP contribution < -0.4 is 5.14 Å². The molecule has 1 aliphatic carbocycles. The van der Waals surface area contributed by atoms with Crippen molar-refractivity contribution in [3.8, 4) is 0 Å². The zero-order chi connectivity index (χ0) is 16.8. The molecule has 1 heterocycles. The number of carbonyl (C=O) groups is 1. The molecule has 2 rings (SSSR count). The molecule has 3 N–H and O–H groups in total. The van der Waals surface area contributed by atoms with Gasteiger partial charge in [0.2, 0.25) is 10.0 Å². The van der Waals surface area contributed by atoms with Crippen molar-refractivity contribution in [1.29, 1.82) is 0 Å². The molecule has 22 heavy (non-hydrogen) atoms. The van der Waals surface area contributed by atoms with Crippen molar-refractivity contribution in [2.45, 2.75) is 52.0 Å². The van der Waals surface area contributed by atoms with Crippen LogP contribution >= 0.6 is 0 Å². The standard InChI is InChI=1S/C15H25N3O3S/c1-8(2)18(7-12-6-9(12)3)15(19)13-10(4)14(11(5)17-13)22(16,20)21/h8-9,12,17H,6-7H2,1-5H3,(H2,16,20,21)/t9-,12-/m0/s1. The molecule has 124 valence electrons. The number of rotatable bonds is 5. The summed E-state index contributed by atoms with van der Waals surface area (Å²) in [5.74, 6) is 1.03. The quantitative estimate of drug-likeness (QED) is 0.863. The minimum Gasteiger partial charge on any atom is -0.353 e. The molecule has 1 aromatic heterocycles. The average Bonchev–Trinajstić information content (AvgIpc) is 2.96. The van der Waals surface area contributed by atoms with Gasteiger partial charge in [-0.1, -0.05) is 6.92 Å². The molecule has 0 unspecified atom stereocenters. The van der Waals surface area contributed by atoms with Gasteiger partial charge >= 0.3 is 0 Å². The molecule has 0 saturated heterocycles. The van der Waals surface area contributed by atoms with Crippen LogP contribution in [0.25, 0.3) is 0 Å². The van der Waals surface area contributed by atoms with E-state index in [1.165, 1.54) is 0 Å². The first kappa shape index (κ1) is 17.0. The highest BCUT2D eigenvalue weighted by atomic mass is 32.2. The molecule has 1 aliphatic rings. The SMILES string of the molecule is Cc1[nH]c(C(=O)N(C[C@@H]2C[C@@H]2C)C(C)C)c(C)c1S(N)(=O)=O. The molecule has 0 aromatic carbocycles. The van der Waals surface area contributed by atoms with Crippen molar-refractivity contribution in [3.05, 3.63) is 17.0 Å². The number of primary sulfonamides is 1. The van der Waals surface area contributed by atoms with E-state index < -0.39 is 10.0 Å². The number of aryl methyl sites for hydroxylation is 1. The third-order valence-electron chi connectivity index (χ3n) is 4.46. The lowest BCUT2D eigenvalue weighted by molar-refractivity contribution is 0.0687. The lowest BCUT2D eigenvalue weighted by Crippen LogP contribution is -2.39. The van der Waals surface area contributed by atoms with E-state index >= 15 is 0 Å². The summed E-state index contributed by atoms with van der Waals surface area (Å²) in [4.78, 5) is 17.6. The summed E-state index contributed by atoms with van der Waals surface area (Å²) in [6.07, 6.45) is 1.14. The minimum absolute atomic E-state index is 0.0272. The van der Waals surface area contributed by atoms with Gasteiger partial charge in [-0.05, 0) is 51.5 Å². The van der Waals surface area contributed by atoms with Crippen molar-refractivity contribution in [1.82, 2.24) is 9.88 Å². The molecule has 0 radical (unpaired) electrons. The van der Waals surface area contributed by atoms with Crippen LogP contribution in [0, 0.1) is 25.7 Å². The predicted molar refractivity (Wildman–Crippen MR) is 85.1 cm³/mol. The smallest absolute Gasteiger partial charge is 0.270 e. The summed E-state index contributed by atoms with van der Waals surface area (Å²) in [7, 11) is -3.84. The number of aromatic nitrogens is 1. The van der Waals surface area contributed by atoms with Crippen LogP contribution in [0.3, 0.4) is 0 Å². The number of nitrogens with two attached hydrogens (primary N) is 1. The third kappa shape index (κ3) is 3.20. The molecule has 7 heteroatoms. The number of sulfonamides is 1. The van der Waals surface area contributed by atoms with Gasteiger partial charge in [0.1, 0.15) is 10.6 Å². The maximum atomic E-state index is 12.8. The molecule has 0 spiro atoms. The van der Waals surface area contributed by atoms with E-state index in [1.54, 1.807) is 18.7 Å². The summed E-state index contributed by atoms with van der Waals surface area (Å²) >= 11 is 0. The van der Waals surface area contributed by atoms with Gasteiger partial charge in [0, 0.05) is 18.3 Å². The first-order chi connectivity index (χ1) is 10.0. The third-order valence-corrected chi connectivity index (χ3v) is 5.64. The molecule has 2 atom stereocenters. The maximum absolute atomic E-state index is 12.8. The van der Waals surface area contributed by atoms with Gasteiger partial charge in [-0.3, -0.25) is 4.79 Å². The Labute approximate surface area is 132 Å². The number of nitrogens with zero attached hydrogens (tertiary/aromatic N) is 1. The van der Waals surface area contributed by atoms with Crippen molar-refractivity contribution in [3.63, 3.8) is 0 Å². The van der Waals surface area contributed by atoms with Crippen molar-refractivity contribution in [2.24, 2.45) is 17.0 Å². The lowest BCUT2D eigenvalue weighted by Gasteiger charge is -2.27. The topological polar surface area (TPSA) is 96.3 Å². The Morgan fingerprint density at radius 2 is 1.95 bits per heavy atom. The predicted octanol–water partition coefficient (Wildman–Crippen LogP) is 1.79. The largest absolute Gasteiger partial charge is 0.353 e. The summed E-state index contributed by atoms with van der Waals surface area (Å²) in [6, 6.07) is 0.0567. The average molecular weight is 327 g/mol. The van der Waals surface area contributed by atoms with Crippen LogP contribution in [-0.2, 0) is 10.0 Å². The highest BCUT2D eigenvalue weighted by molar-refractivity contribution is 7.89. The normalized spacial score (nSPS) is 21.2. The zero-order valence-electron chi connectivity index (χ0n) is 13.8. The van der Waals surface area contributed by atoms with Crippen LogP contribution in [0.1, 0.15) is 48.9 Å². The molecule has 1 saturated carbocycles. The van der Waals surface area contributed by atoms with Crippen LogP contribution in [0.2, 0.25) is 0 Å². The highest BCUT2D eigenvalue weighted by Gasteiger charge is 2.37. The number of nitrogens with one attached hydrogen (secondary N) is 1. The number of amides is 1. The lowest BCUT2D eigenvalue weighted by atomic mass is 10.2. The summed E-state index contributed by atoms with van der Waals surface area (Å²) < 4.78 is 23.4. The van der Waals surface area contributed by atoms with E-state index in [9.17, 15) is 13.2 Å². The molecule has 0 bridgehead atoms. The van der Waals surface area contributed by atoms with Crippen LogP contribution in [0.5, 0.6) is 0 Å². The Balaban J connectivity index is 2.35. The Hall–Kier alpha value is -1.34. The Kier molecular flexibility index (Phi) is 4.41. The highest BCUT2D eigenvalue weighted by Crippen LogP contribution is 2.39. The fraction of sp³-hybridized carbons (Fsp3) is 0.667. The number of carbonyl (C=O) groups excluding carboxylic acids is 1. The van der Waals surface area contributed by atoms with E-state index in [0.717, 1.165) is 6.42 Å². The molecule has 1 amide bonds. The van der Waals surface area contributed by atoms with Crippen molar-refractivity contribution >= 4 is 15.9 Å². The van der Waals surface area contributed by atoms with Crippen molar-refractivity contribution in [2.75, 3.05) is 6.54 Å². The van der Waals surface area contributed by atoms with Crippen LogP contribution in [0.4, 0.5) is 0 Å². The van der Waals surface area contributed by atoms with Gasteiger partial charge in [0.15, 0.2) is 0 Å². The molecule has 1 aromatic rings. The Bertz CT molecular complexity index is 691. The maximum Gasteiger partial charge on any atom is 0.270 e. The van der Waals surface area contributed by atoms with Crippen LogP contribution in [0.15, 0.2) is 4.90 Å². The van der Waals surface area contributed by atoms with Gasteiger partial charge < -0.3 is 9.88 Å². The number of H-pyrrole nitrogens is 1. The van der Waals surface area contributed by atoms with Gasteiger partial charge in [-0.15, -0.1) is 0 Å². The van der Waals surface area contributed by atoms with Gasteiger partial charge in [-0.25, -0.2) is 13.6 Å². The summed E-state index contributed by atoms with van der Waals surface area (Å²) in [5, 5.41) is 5.24. The molecular formula is C15H25N3O3S. The second-order valence-corrected chi connectivity index (χ2v) is 8.15. The number of hydrogen-bond donors (Lipinski definition) is 2. The fourth-order valence-corrected chi connectivity index (χ4v) is 3.96. The van der Waals surface area contributed by atoms with Crippen LogP contribution in [-0.4, -0.2) is 36.8 Å². The summed E-state index contributed by atoms with van der Waals surface area (Å²) in [5.41, 5.74) is 1.13. The molecule has 1 fully saturated rings. The second-order valence-electron chi connectivity index (χ2n) is 6.65. The van der Waals surface area contributed by atoms with E-state index in [0.29, 0.717) is 35.3 Å². The first-order valence-electron chi connectivity index (χ1n) is 7.57. The summed E-state index contributed by atoms with van der Waals surface area (Å²) in [6.45, 7) is 10.1. The van der Waals surface area contributed by atoms with Gasteiger partial charge in [0.05, 0.1) is 0 Å². The Morgan fingerprint density at radius 3 is 2.32 bits per heavy atom. The van der Waals surface area contributed by atoms with Crippen molar-refractivity contribution < 1.29 is 13.2 Å². The minimum atomic E-state index is -3.84. The molecule has 0 aliphatic heterocycles. The number of hydrogen-bond acceptors (Lipinski definition) is 3. The molecule has 6 nitrogen and oxygen atoms in total. The second kappa shape index (κ2) is 5.70. The fourth-order valence-electron chi connectivity index (χ4n) is 2.95. The van der Waals surface area contributed by atoms with E-state index in [1.807, 2.05) is 13.8 Å². The molecular weight excluding hydrogens is 302 g/mol. The van der Waals surface area contributed by atoms with E-state index in [4.69, 9.17) is 5.14 Å². The Morgan fingerprint density at radius 1 is 1.41 bits per heavy atom. The number of aromatic amines is 1. The van der Waals surface area contributed by atoms with E-state index in [-0.39, 0.29) is 16.8 Å². The van der Waals surface area contributed by atoms with E-state index in [2.05, 4.69) is 11.9 Å². The zero-order valence-corrected chi connectivity index (χ0v) is 14.6. The monoisotopic (exact) mass is 327 g/mol. The first-order valence-corrected chi connectivity index (χ1v) is 9.11. The van der Waals surface area contributed by atoms with Gasteiger partial charge in [-0.2, -0.15) is 0 Å².